The highest BCUT2D eigenvalue weighted by molar-refractivity contribution is 6.02. The molecule has 0 amide bonds. The van der Waals surface area contributed by atoms with Gasteiger partial charge in [0.2, 0.25) is 0 Å². The Morgan fingerprint density at radius 1 is 1.54 bits per heavy atom. The maximum atomic E-state index is 11.2. The average Bonchev–Trinajstić information content (AvgIpc) is 2.63. The lowest BCUT2D eigenvalue weighted by molar-refractivity contribution is 0.0603. The Hall–Kier alpha value is -1.77. The Morgan fingerprint density at radius 2 is 2.38 bits per heavy atom. The zero-order chi connectivity index (χ0) is 9.26. The van der Waals surface area contributed by atoms with Crippen molar-refractivity contribution in [3.05, 3.63) is 36.1 Å². The lowest BCUT2D eigenvalue weighted by Gasteiger charge is -1.98. The number of hydrogen-bond acceptors (Lipinski definition) is 3. The van der Waals surface area contributed by atoms with Crippen molar-refractivity contribution < 1.29 is 13.9 Å². The van der Waals surface area contributed by atoms with Gasteiger partial charge in [-0.15, -0.1) is 0 Å². The maximum absolute atomic E-state index is 11.2. The fourth-order valence-corrected chi connectivity index (χ4v) is 1.21. The van der Waals surface area contributed by atoms with Gasteiger partial charge in [-0.05, 0) is 12.1 Å². The largest absolute Gasteiger partial charge is 0.465 e. The van der Waals surface area contributed by atoms with Gasteiger partial charge in [0.1, 0.15) is 5.58 Å². The molecule has 13 heavy (non-hydrogen) atoms. The van der Waals surface area contributed by atoms with Gasteiger partial charge in [0, 0.05) is 11.5 Å². The lowest BCUT2D eigenvalue weighted by atomic mass is 10.1. The average molecular weight is 175 g/mol. The highest BCUT2D eigenvalue weighted by atomic mass is 16.5. The Balaban J connectivity index is 2.67. The number of methoxy groups -OCH3 is 1. The lowest BCUT2D eigenvalue weighted by Crippen LogP contribution is -2.00. The topological polar surface area (TPSA) is 39.4 Å². The molecule has 0 bridgehead atoms. The first-order chi connectivity index (χ1) is 6.33. The molecule has 65 valence electrons. The molecule has 2 rings (SSSR count). The highest BCUT2D eigenvalue weighted by Gasteiger charge is 2.10. The second-order valence-corrected chi connectivity index (χ2v) is 2.55. The summed E-state index contributed by atoms with van der Waals surface area (Å²) in [5.74, 6) is -0.372. The summed E-state index contributed by atoms with van der Waals surface area (Å²) in [4.78, 5) is 11.2. The van der Waals surface area contributed by atoms with E-state index in [0.717, 1.165) is 0 Å². The molecular formula is C10H7O3. The zero-order valence-corrected chi connectivity index (χ0v) is 7.03. The van der Waals surface area contributed by atoms with E-state index in [9.17, 15) is 4.79 Å². The van der Waals surface area contributed by atoms with Gasteiger partial charge >= 0.3 is 5.97 Å². The molecule has 0 unspecified atom stereocenters. The smallest absolute Gasteiger partial charge is 0.338 e. The molecule has 1 aromatic carbocycles. The van der Waals surface area contributed by atoms with Crippen LogP contribution in [0.4, 0.5) is 0 Å². The summed E-state index contributed by atoms with van der Waals surface area (Å²) in [6.07, 6.45) is 1.43. The second kappa shape index (κ2) is 2.94. The van der Waals surface area contributed by atoms with E-state index in [1.54, 1.807) is 18.2 Å². The second-order valence-electron chi connectivity index (χ2n) is 2.55. The molecule has 0 aliphatic heterocycles. The molecule has 2 aromatic rings. The first-order valence-corrected chi connectivity index (χ1v) is 3.79. The van der Waals surface area contributed by atoms with Gasteiger partial charge in [-0.25, -0.2) is 4.79 Å². The van der Waals surface area contributed by atoms with E-state index in [4.69, 9.17) is 4.42 Å². The summed E-state index contributed by atoms with van der Waals surface area (Å²) in [7, 11) is 1.35. The van der Waals surface area contributed by atoms with E-state index < -0.39 is 0 Å². The summed E-state index contributed by atoms with van der Waals surface area (Å²) >= 11 is 0. The summed E-state index contributed by atoms with van der Waals surface area (Å²) < 4.78 is 9.70. The van der Waals surface area contributed by atoms with Gasteiger partial charge in [-0.2, -0.15) is 0 Å². The van der Waals surface area contributed by atoms with Crippen molar-refractivity contribution in [2.45, 2.75) is 0 Å². The van der Waals surface area contributed by atoms with E-state index in [1.165, 1.54) is 13.4 Å². The minimum Gasteiger partial charge on any atom is -0.465 e. The van der Waals surface area contributed by atoms with Crippen LogP contribution in [0, 0.1) is 6.07 Å². The Kier molecular flexibility index (Phi) is 1.77. The van der Waals surface area contributed by atoms with Crippen molar-refractivity contribution >= 4 is 16.9 Å². The van der Waals surface area contributed by atoms with Crippen LogP contribution in [0.5, 0.6) is 0 Å². The molecule has 1 aromatic heterocycles. The molecule has 0 saturated carbocycles. The van der Waals surface area contributed by atoms with E-state index >= 15 is 0 Å². The van der Waals surface area contributed by atoms with E-state index in [0.29, 0.717) is 16.5 Å². The molecule has 0 N–H and O–H groups in total. The van der Waals surface area contributed by atoms with Crippen LogP contribution in [-0.4, -0.2) is 13.1 Å². The van der Waals surface area contributed by atoms with Crippen molar-refractivity contribution in [3.63, 3.8) is 0 Å². The predicted molar refractivity (Wildman–Crippen MR) is 46.4 cm³/mol. The molecular weight excluding hydrogens is 168 g/mol. The van der Waals surface area contributed by atoms with Crippen LogP contribution in [0.15, 0.2) is 28.9 Å². The van der Waals surface area contributed by atoms with Crippen molar-refractivity contribution in [3.8, 4) is 0 Å². The number of ether oxygens (including phenoxy) is 1. The minimum atomic E-state index is -0.372. The first kappa shape index (κ1) is 7.86. The van der Waals surface area contributed by atoms with E-state index in [2.05, 4.69) is 10.8 Å². The highest BCUT2D eigenvalue weighted by Crippen LogP contribution is 2.19. The van der Waals surface area contributed by atoms with Crippen LogP contribution in [0.3, 0.4) is 0 Å². The van der Waals surface area contributed by atoms with Crippen LogP contribution in [-0.2, 0) is 4.74 Å². The molecule has 0 spiro atoms. The summed E-state index contributed by atoms with van der Waals surface area (Å²) in [5.41, 5.74) is 1.12. The van der Waals surface area contributed by atoms with E-state index in [-0.39, 0.29) is 5.97 Å². The number of rotatable bonds is 1. The monoisotopic (exact) mass is 175 g/mol. The van der Waals surface area contributed by atoms with Gasteiger partial charge in [0.15, 0.2) is 0 Å². The van der Waals surface area contributed by atoms with Crippen LogP contribution in [0.1, 0.15) is 10.4 Å². The molecule has 3 heteroatoms. The molecule has 1 radical (unpaired) electrons. The van der Waals surface area contributed by atoms with Crippen molar-refractivity contribution in [2.24, 2.45) is 0 Å². The third kappa shape index (κ3) is 1.18. The van der Waals surface area contributed by atoms with Crippen molar-refractivity contribution in [1.82, 2.24) is 0 Å². The number of benzene rings is 1. The summed E-state index contributed by atoms with van der Waals surface area (Å²) in [6.45, 7) is 0. The molecule has 0 atom stereocenters. The SMILES string of the molecule is COC(=O)c1cccc2oc[c]c12. The zero-order valence-electron chi connectivity index (χ0n) is 7.03. The first-order valence-electron chi connectivity index (χ1n) is 3.79. The molecule has 1 heterocycles. The van der Waals surface area contributed by atoms with Gasteiger partial charge in [0.05, 0.1) is 18.9 Å². The van der Waals surface area contributed by atoms with E-state index in [1.807, 2.05) is 0 Å². The summed E-state index contributed by atoms with van der Waals surface area (Å²) in [6, 6.07) is 8.03. The van der Waals surface area contributed by atoms with Gasteiger partial charge in [-0.3, -0.25) is 0 Å². The summed E-state index contributed by atoms with van der Waals surface area (Å²) in [5, 5.41) is 0.661. The van der Waals surface area contributed by atoms with Gasteiger partial charge in [-0.1, -0.05) is 6.07 Å². The molecule has 0 saturated heterocycles. The molecule has 0 aliphatic carbocycles. The predicted octanol–water partition coefficient (Wildman–Crippen LogP) is 2.02. The number of carbonyl (C=O) groups excluding carboxylic acids is 1. The number of hydrogen-bond donors (Lipinski definition) is 0. The molecule has 3 nitrogen and oxygen atoms in total. The number of fused-ring (bicyclic) bond motifs is 1. The van der Waals surface area contributed by atoms with Crippen molar-refractivity contribution in [1.29, 1.82) is 0 Å². The van der Waals surface area contributed by atoms with Crippen molar-refractivity contribution in [2.75, 3.05) is 7.11 Å². The van der Waals surface area contributed by atoms with Crippen LogP contribution >= 0.6 is 0 Å². The van der Waals surface area contributed by atoms with Gasteiger partial charge in [0.25, 0.3) is 0 Å². The van der Waals surface area contributed by atoms with Gasteiger partial charge < -0.3 is 9.15 Å². The standard InChI is InChI=1S/C10H7O3/c1-12-10(11)8-3-2-4-9-7(8)5-6-13-9/h2-4,6H,1H3. The normalized spacial score (nSPS) is 10.2. The van der Waals surface area contributed by atoms with Crippen LogP contribution in [0.2, 0.25) is 0 Å². The Labute approximate surface area is 74.9 Å². The maximum Gasteiger partial charge on any atom is 0.338 e. The number of carbonyl (C=O) groups is 1. The minimum absolute atomic E-state index is 0.372. The number of furan rings is 1. The molecule has 0 aliphatic rings. The van der Waals surface area contributed by atoms with Crippen LogP contribution < -0.4 is 0 Å². The quantitative estimate of drug-likeness (QED) is 0.622. The Bertz CT molecular complexity index is 442. The number of esters is 1. The third-order valence-corrected chi connectivity index (χ3v) is 1.82. The fraction of sp³-hybridized carbons (Fsp3) is 0.100. The fourth-order valence-electron chi connectivity index (χ4n) is 1.21. The molecule has 0 fully saturated rings. The van der Waals surface area contributed by atoms with Crippen LogP contribution in [0.25, 0.3) is 11.0 Å². The third-order valence-electron chi connectivity index (χ3n) is 1.82. The Morgan fingerprint density at radius 3 is 3.15 bits per heavy atom.